The van der Waals surface area contributed by atoms with Gasteiger partial charge in [0.15, 0.2) is 11.5 Å². The number of allylic oxidation sites excluding steroid dienone is 1. The summed E-state index contributed by atoms with van der Waals surface area (Å²) in [5, 5.41) is 3.54. The van der Waals surface area contributed by atoms with Crippen molar-refractivity contribution in [1.82, 2.24) is 9.80 Å². The van der Waals surface area contributed by atoms with Crippen molar-refractivity contribution in [2.24, 2.45) is 16.0 Å². The number of nitrogens with zero attached hydrogens (tertiary/aromatic N) is 6. The van der Waals surface area contributed by atoms with Gasteiger partial charge in [-0.25, -0.2) is 0 Å². The fourth-order valence-electron chi connectivity index (χ4n) is 7.16. The molecule has 3 heterocycles. The maximum absolute atomic E-state index is 13.2. The molecule has 260 valence electrons. The van der Waals surface area contributed by atoms with Gasteiger partial charge in [0.05, 0.1) is 42.5 Å². The number of hydrogen-bond donors (Lipinski definition) is 0. The van der Waals surface area contributed by atoms with E-state index in [2.05, 4.69) is 14.9 Å². The molecule has 3 aliphatic rings. The predicted octanol–water partition coefficient (Wildman–Crippen LogP) is 5.16. The zero-order valence-electron chi connectivity index (χ0n) is 28.4. The normalized spacial score (nSPS) is 19.9. The second-order valence-corrected chi connectivity index (χ2v) is 12.4. The molecule has 3 aliphatic heterocycles. The van der Waals surface area contributed by atoms with E-state index in [-0.39, 0.29) is 38.3 Å². The van der Waals surface area contributed by atoms with Crippen LogP contribution in [0.25, 0.3) is 10.4 Å². The molecule has 0 saturated carbocycles. The van der Waals surface area contributed by atoms with Crippen molar-refractivity contribution in [3.05, 3.63) is 81.5 Å². The van der Waals surface area contributed by atoms with Crippen molar-refractivity contribution in [3.8, 4) is 11.5 Å². The molecule has 1 fully saturated rings. The number of likely N-dealkylation sites (tertiary alicyclic amines) is 1. The van der Waals surface area contributed by atoms with Crippen LogP contribution in [-0.2, 0) is 29.3 Å². The van der Waals surface area contributed by atoms with Crippen molar-refractivity contribution in [1.29, 1.82) is 0 Å². The number of carbonyl (C=O) groups is 3. The summed E-state index contributed by atoms with van der Waals surface area (Å²) < 4.78 is 22.6. The van der Waals surface area contributed by atoms with Crippen LogP contribution in [0.2, 0.25) is 0 Å². The third kappa shape index (κ3) is 7.96. The molecule has 13 nitrogen and oxygen atoms in total. The van der Waals surface area contributed by atoms with Gasteiger partial charge in [-0.05, 0) is 88.5 Å². The van der Waals surface area contributed by atoms with Crippen LogP contribution in [0.3, 0.4) is 0 Å². The molecule has 0 bridgehead atoms. The highest BCUT2D eigenvalue weighted by Gasteiger charge is 2.44. The van der Waals surface area contributed by atoms with Crippen LogP contribution < -0.4 is 9.47 Å². The monoisotopic (exact) mass is 672 g/mol. The summed E-state index contributed by atoms with van der Waals surface area (Å²) in [6.45, 7) is 8.50. The van der Waals surface area contributed by atoms with Gasteiger partial charge in [0.1, 0.15) is 5.78 Å². The van der Waals surface area contributed by atoms with Crippen LogP contribution in [0.15, 0.2) is 70.0 Å². The first-order valence-corrected chi connectivity index (χ1v) is 16.8. The molecule has 0 spiro atoms. The molecule has 0 aliphatic carbocycles. The molecule has 1 amide bonds. The van der Waals surface area contributed by atoms with Gasteiger partial charge < -0.3 is 28.7 Å². The second kappa shape index (κ2) is 16.6. The lowest BCUT2D eigenvalue weighted by molar-refractivity contribution is -0.152. The number of ketones is 1. The molecule has 2 atom stereocenters. The van der Waals surface area contributed by atoms with Gasteiger partial charge >= 0.3 is 5.97 Å². The fourth-order valence-corrected chi connectivity index (χ4v) is 7.16. The summed E-state index contributed by atoms with van der Waals surface area (Å²) in [6.07, 6.45) is 2.71. The minimum Gasteiger partial charge on any atom is -0.465 e. The third-order valence-electron chi connectivity index (χ3n) is 9.53. The molecule has 0 N–H and O–H groups in total. The molecule has 2 aromatic carbocycles. The lowest BCUT2D eigenvalue weighted by atomic mass is 9.72. The Labute approximate surface area is 286 Å². The summed E-state index contributed by atoms with van der Waals surface area (Å²) in [5.41, 5.74) is 11.5. The van der Waals surface area contributed by atoms with E-state index in [1.54, 1.807) is 4.90 Å². The van der Waals surface area contributed by atoms with Crippen molar-refractivity contribution in [3.63, 3.8) is 0 Å². The number of aliphatic imine (C=N–C) groups is 1. The number of piperidine rings is 1. The van der Waals surface area contributed by atoms with Gasteiger partial charge in [-0.3, -0.25) is 19.4 Å². The number of esters is 1. The van der Waals surface area contributed by atoms with E-state index in [9.17, 15) is 14.4 Å². The second-order valence-electron chi connectivity index (χ2n) is 12.4. The molecule has 0 aromatic heterocycles. The van der Waals surface area contributed by atoms with Gasteiger partial charge in [0, 0.05) is 29.6 Å². The SMILES string of the molecule is CCOC(=O)C1(c2ccccc2)CCN(CCCN(C=O)C2=C(COCCN=[N+]=[N-])N=C(C)C(C(C)=O)C2c2ccc3c(c2)OCO3)CC1. The van der Waals surface area contributed by atoms with Crippen LogP contribution in [0.1, 0.15) is 57.1 Å². The largest absolute Gasteiger partial charge is 0.465 e. The van der Waals surface area contributed by atoms with E-state index in [1.165, 1.54) is 6.92 Å². The van der Waals surface area contributed by atoms with Crippen LogP contribution in [0.5, 0.6) is 11.5 Å². The van der Waals surface area contributed by atoms with Crippen LogP contribution >= 0.6 is 0 Å². The number of ether oxygens (including phenoxy) is 4. The smallest absolute Gasteiger partial charge is 0.316 e. The summed E-state index contributed by atoms with van der Waals surface area (Å²) in [5.74, 6) is -0.213. The molecule has 2 unspecified atom stereocenters. The zero-order valence-corrected chi connectivity index (χ0v) is 28.4. The van der Waals surface area contributed by atoms with Gasteiger partial charge in [-0.2, -0.15) is 0 Å². The zero-order chi connectivity index (χ0) is 34.8. The molecular weight excluding hydrogens is 628 g/mol. The quantitative estimate of drug-likeness (QED) is 0.0591. The first-order chi connectivity index (χ1) is 23.8. The number of fused-ring (bicyclic) bond motifs is 1. The number of azide groups is 1. The highest BCUT2D eigenvalue weighted by Crippen LogP contribution is 2.44. The van der Waals surface area contributed by atoms with Crippen LogP contribution in [-0.4, -0.2) is 93.0 Å². The maximum atomic E-state index is 13.2. The number of hydrogen-bond acceptors (Lipinski definition) is 10. The number of carbonyl (C=O) groups excluding carboxylic acids is 3. The van der Waals surface area contributed by atoms with E-state index < -0.39 is 17.3 Å². The topological polar surface area (TPSA) is 156 Å². The Hall–Kier alpha value is -4.71. The number of rotatable bonds is 16. The minimum atomic E-state index is -0.682. The molecular formula is C36H44N6O7. The van der Waals surface area contributed by atoms with E-state index in [0.717, 1.165) is 17.5 Å². The van der Waals surface area contributed by atoms with Crippen molar-refractivity contribution >= 4 is 23.9 Å². The van der Waals surface area contributed by atoms with Gasteiger partial charge in [-0.15, -0.1) is 0 Å². The Morgan fingerprint density at radius 3 is 2.61 bits per heavy atom. The van der Waals surface area contributed by atoms with Gasteiger partial charge in [0.25, 0.3) is 0 Å². The first-order valence-electron chi connectivity index (χ1n) is 16.8. The average molecular weight is 673 g/mol. The van der Waals surface area contributed by atoms with E-state index in [4.69, 9.17) is 29.5 Å². The first kappa shape index (κ1) is 35.6. The molecule has 13 heteroatoms. The lowest BCUT2D eigenvalue weighted by Crippen LogP contribution is -2.48. The van der Waals surface area contributed by atoms with Crippen molar-refractivity contribution in [2.45, 2.75) is 51.4 Å². The highest BCUT2D eigenvalue weighted by atomic mass is 16.7. The predicted molar refractivity (Wildman–Crippen MR) is 182 cm³/mol. The van der Waals surface area contributed by atoms with Crippen LogP contribution in [0, 0.1) is 5.92 Å². The molecule has 0 radical (unpaired) electrons. The van der Waals surface area contributed by atoms with Gasteiger partial charge in [0.2, 0.25) is 13.2 Å². The lowest BCUT2D eigenvalue weighted by Gasteiger charge is -2.40. The fraction of sp³-hybridized carbons (Fsp3) is 0.500. The maximum Gasteiger partial charge on any atom is 0.316 e. The van der Waals surface area contributed by atoms with E-state index >= 15 is 0 Å². The summed E-state index contributed by atoms with van der Waals surface area (Å²) >= 11 is 0. The number of Topliss-reactive ketones (excluding diaryl/α,β-unsaturated/α-hetero) is 1. The number of amides is 1. The van der Waals surface area contributed by atoms with Gasteiger partial charge in [-0.1, -0.05) is 41.5 Å². The molecule has 1 saturated heterocycles. The Morgan fingerprint density at radius 2 is 1.92 bits per heavy atom. The molecule has 2 aromatic rings. The Kier molecular flexibility index (Phi) is 12.1. The molecule has 49 heavy (non-hydrogen) atoms. The highest BCUT2D eigenvalue weighted by molar-refractivity contribution is 6.05. The summed E-state index contributed by atoms with van der Waals surface area (Å²) in [6, 6.07) is 15.4. The minimum absolute atomic E-state index is 0.0607. The van der Waals surface area contributed by atoms with Crippen LogP contribution in [0.4, 0.5) is 0 Å². The Morgan fingerprint density at radius 1 is 1.16 bits per heavy atom. The van der Waals surface area contributed by atoms with Crippen molar-refractivity contribution < 1.29 is 33.3 Å². The summed E-state index contributed by atoms with van der Waals surface area (Å²) in [4.78, 5) is 50.9. The summed E-state index contributed by atoms with van der Waals surface area (Å²) in [7, 11) is 0. The standard InChI is InChI=1S/C36H44N6O7/c1-4-47-35(45)36(28-9-6-5-7-10-28)13-18-41(19-14-36)16-8-17-42(23-43)34-29(22-46-20-15-38-40-37)39-25(2)32(26(3)44)33(34)27-11-12-30-31(21-27)49-24-48-30/h5-7,9-12,21,23,32-33H,4,8,13-20,22,24H2,1-3H3. The molecule has 5 rings (SSSR count). The Balaban J connectivity index is 1.37. The third-order valence-corrected chi connectivity index (χ3v) is 9.53. The van der Waals surface area contributed by atoms with Crippen molar-refractivity contribution in [2.75, 3.05) is 59.3 Å². The van der Waals surface area contributed by atoms with E-state index in [0.29, 0.717) is 80.7 Å². The average Bonchev–Trinajstić information content (AvgIpc) is 3.59. The Bertz CT molecular complexity index is 1610. The number of benzene rings is 2. The van der Waals surface area contributed by atoms with E-state index in [1.807, 2.05) is 62.4 Å².